The van der Waals surface area contributed by atoms with E-state index in [1.807, 2.05) is 0 Å². The molecule has 1 unspecified atom stereocenters. The van der Waals surface area contributed by atoms with Crippen LogP contribution in [0.5, 0.6) is 0 Å². The average Bonchev–Trinajstić information content (AvgIpc) is 2.89. The van der Waals surface area contributed by atoms with Gasteiger partial charge in [-0.05, 0) is 42.8 Å². The van der Waals surface area contributed by atoms with Gasteiger partial charge in [-0.3, -0.25) is 4.79 Å². The molecule has 0 aliphatic rings. The second-order valence-electron chi connectivity index (χ2n) is 7.98. The van der Waals surface area contributed by atoms with Crippen LogP contribution in [0, 0.1) is 0 Å². The smallest absolute Gasteiger partial charge is 0.356 e. The topological polar surface area (TPSA) is 89.5 Å². The second-order valence-corrected chi connectivity index (χ2v) is 9.93. The molecule has 0 aliphatic heterocycles. The molecule has 0 saturated heterocycles. The highest BCUT2D eigenvalue weighted by atomic mass is 32.2. The van der Waals surface area contributed by atoms with Crippen LogP contribution < -0.4 is 5.48 Å². The van der Waals surface area contributed by atoms with Gasteiger partial charge in [0.2, 0.25) is 9.84 Å². The van der Waals surface area contributed by atoms with Crippen LogP contribution in [-0.4, -0.2) is 26.2 Å². The summed E-state index contributed by atoms with van der Waals surface area (Å²) in [6, 6.07) is 21.8. The van der Waals surface area contributed by atoms with Crippen molar-refractivity contribution < 1.29 is 22.8 Å². The molecule has 3 rings (SSSR count). The Hall–Kier alpha value is -3.29. The van der Waals surface area contributed by atoms with Gasteiger partial charge in [-0.15, -0.1) is 5.48 Å². The molecular weight excluding hydrogens is 450 g/mol. The summed E-state index contributed by atoms with van der Waals surface area (Å²) in [5.41, 5.74) is 3.37. The molecule has 6 nitrogen and oxygen atoms in total. The predicted molar refractivity (Wildman–Crippen MR) is 130 cm³/mol. The van der Waals surface area contributed by atoms with Gasteiger partial charge >= 0.3 is 5.97 Å². The molecule has 3 aromatic rings. The maximum Gasteiger partial charge on any atom is 0.356 e. The van der Waals surface area contributed by atoms with Crippen molar-refractivity contribution in [1.29, 1.82) is 0 Å². The normalized spacial score (nSPS) is 12.1. The first-order valence-corrected chi connectivity index (χ1v) is 12.9. The van der Waals surface area contributed by atoms with Crippen molar-refractivity contribution in [2.75, 3.05) is 0 Å². The molecule has 7 heteroatoms. The van der Waals surface area contributed by atoms with Crippen molar-refractivity contribution in [2.24, 2.45) is 0 Å². The molecule has 3 aromatic carbocycles. The Morgan fingerprint density at radius 2 is 1.35 bits per heavy atom. The van der Waals surface area contributed by atoms with Gasteiger partial charge in [0.15, 0.2) is 5.78 Å². The van der Waals surface area contributed by atoms with Crippen LogP contribution >= 0.6 is 0 Å². The Morgan fingerprint density at radius 3 is 1.97 bits per heavy atom. The van der Waals surface area contributed by atoms with Crippen molar-refractivity contribution >= 4 is 21.6 Å². The number of nitrogens with one attached hydrogen (secondary N) is 1. The van der Waals surface area contributed by atoms with Crippen molar-refractivity contribution in [3.8, 4) is 0 Å². The van der Waals surface area contributed by atoms with Gasteiger partial charge in [0.1, 0.15) is 6.04 Å². The summed E-state index contributed by atoms with van der Waals surface area (Å²) >= 11 is 0. The first-order chi connectivity index (χ1) is 16.4. The number of benzene rings is 3. The lowest BCUT2D eigenvalue weighted by Crippen LogP contribution is -2.38. The predicted octanol–water partition coefficient (Wildman–Crippen LogP) is 5.40. The lowest BCUT2D eigenvalue weighted by atomic mass is 9.99. The zero-order chi connectivity index (χ0) is 24.4. The summed E-state index contributed by atoms with van der Waals surface area (Å²) in [5.74, 6) is -0.836. The molecule has 178 valence electrons. The minimum absolute atomic E-state index is 0.109. The minimum Gasteiger partial charge on any atom is -0.366 e. The Morgan fingerprint density at radius 1 is 0.765 bits per heavy atom. The molecule has 0 fully saturated rings. The molecule has 0 spiro atoms. The van der Waals surface area contributed by atoms with Crippen molar-refractivity contribution in [2.45, 2.75) is 54.9 Å². The average molecular weight is 480 g/mol. The molecular formula is C27H29NO5S. The number of ketones is 1. The summed E-state index contributed by atoms with van der Waals surface area (Å²) in [5, 5.41) is 0. The molecule has 0 bridgehead atoms. The number of hydrogen-bond acceptors (Lipinski definition) is 6. The van der Waals surface area contributed by atoms with Crippen LogP contribution in [0.3, 0.4) is 0 Å². The van der Waals surface area contributed by atoms with E-state index in [1.54, 1.807) is 48.5 Å². The Balaban J connectivity index is 1.73. The van der Waals surface area contributed by atoms with E-state index in [0.29, 0.717) is 17.5 Å². The van der Waals surface area contributed by atoms with Crippen LogP contribution in [0.4, 0.5) is 0 Å². The lowest BCUT2D eigenvalue weighted by molar-refractivity contribution is 0.0153. The molecule has 1 atom stereocenters. The summed E-state index contributed by atoms with van der Waals surface area (Å²) in [7, 11) is -3.67. The van der Waals surface area contributed by atoms with Crippen LogP contribution in [0.1, 0.15) is 59.7 Å². The monoisotopic (exact) mass is 479 g/mol. The molecule has 0 radical (unpaired) electrons. The van der Waals surface area contributed by atoms with Gasteiger partial charge in [-0.25, -0.2) is 13.2 Å². The van der Waals surface area contributed by atoms with Gasteiger partial charge in [0, 0.05) is 5.56 Å². The van der Waals surface area contributed by atoms with E-state index in [9.17, 15) is 18.0 Å². The third kappa shape index (κ3) is 6.62. The highest BCUT2D eigenvalue weighted by molar-refractivity contribution is 7.91. The lowest BCUT2D eigenvalue weighted by Gasteiger charge is -2.17. The number of Topliss-reactive ketones (excluding diaryl/α,β-unsaturated/α-hetero) is 1. The van der Waals surface area contributed by atoms with Gasteiger partial charge in [0.25, 0.3) is 0 Å². The summed E-state index contributed by atoms with van der Waals surface area (Å²) in [6.45, 7) is 2.10. The minimum atomic E-state index is -3.67. The van der Waals surface area contributed by atoms with E-state index in [4.69, 9.17) is 4.84 Å². The van der Waals surface area contributed by atoms with E-state index in [2.05, 4.69) is 12.4 Å². The van der Waals surface area contributed by atoms with E-state index in [0.717, 1.165) is 25.7 Å². The summed E-state index contributed by atoms with van der Waals surface area (Å²) in [6.07, 6.45) is 4.36. The van der Waals surface area contributed by atoms with Crippen LogP contribution in [0.25, 0.3) is 0 Å². The molecule has 0 heterocycles. The van der Waals surface area contributed by atoms with Crippen molar-refractivity contribution in [3.05, 3.63) is 96.1 Å². The van der Waals surface area contributed by atoms with Crippen LogP contribution in [0.2, 0.25) is 0 Å². The van der Waals surface area contributed by atoms with Gasteiger partial charge in [-0.2, -0.15) is 0 Å². The fraction of sp³-hybridized carbons (Fsp3) is 0.259. The highest BCUT2D eigenvalue weighted by Gasteiger charge is 2.23. The number of unbranched alkanes of at least 4 members (excludes halogenated alkanes) is 3. The Labute approximate surface area is 200 Å². The van der Waals surface area contributed by atoms with Crippen molar-refractivity contribution in [3.63, 3.8) is 0 Å². The fourth-order valence-electron chi connectivity index (χ4n) is 3.51. The number of carbonyl (C=O) groups is 2. The molecule has 0 aromatic heterocycles. The van der Waals surface area contributed by atoms with Crippen LogP contribution in [-0.2, 0) is 14.7 Å². The first-order valence-electron chi connectivity index (χ1n) is 11.4. The number of sulfone groups is 1. The third-order valence-electron chi connectivity index (χ3n) is 5.47. The van der Waals surface area contributed by atoms with E-state index < -0.39 is 21.8 Å². The SMILES string of the molecule is CCCCCCC(NOC(=O)c1ccccc1)C(=O)c1ccc(S(=O)(=O)c2ccccc2)cc1. The first kappa shape index (κ1) is 25.3. The number of carbonyl (C=O) groups excluding carboxylic acids is 2. The molecule has 0 amide bonds. The van der Waals surface area contributed by atoms with Gasteiger partial charge in [0.05, 0.1) is 15.4 Å². The van der Waals surface area contributed by atoms with Crippen LogP contribution in [0.15, 0.2) is 94.7 Å². The number of hydroxylamine groups is 1. The maximum absolute atomic E-state index is 13.2. The Kier molecular flexibility index (Phi) is 9.13. The van der Waals surface area contributed by atoms with E-state index in [1.165, 1.54) is 36.4 Å². The zero-order valence-corrected chi connectivity index (χ0v) is 20.0. The summed E-state index contributed by atoms with van der Waals surface area (Å²) in [4.78, 5) is 31.0. The van der Waals surface area contributed by atoms with E-state index in [-0.39, 0.29) is 15.6 Å². The largest absolute Gasteiger partial charge is 0.366 e. The molecule has 1 N–H and O–H groups in total. The highest BCUT2D eigenvalue weighted by Crippen LogP contribution is 2.21. The third-order valence-corrected chi connectivity index (χ3v) is 7.25. The maximum atomic E-state index is 13.2. The molecule has 34 heavy (non-hydrogen) atoms. The standard InChI is InChI=1S/C27H29NO5S/c1-2-3-4-11-16-25(28-33-27(30)22-12-7-5-8-13-22)26(29)21-17-19-24(20-18-21)34(31,32)23-14-9-6-10-15-23/h5-10,12-15,17-20,25,28H,2-4,11,16H2,1H3. The Bertz CT molecular complexity index is 1180. The molecule has 0 saturated carbocycles. The summed E-state index contributed by atoms with van der Waals surface area (Å²) < 4.78 is 25.6. The zero-order valence-electron chi connectivity index (χ0n) is 19.1. The fourth-order valence-corrected chi connectivity index (χ4v) is 4.79. The van der Waals surface area contributed by atoms with E-state index >= 15 is 0 Å². The van der Waals surface area contributed by atoms with Crippen molar-refractivity contribution in [1.82, 2.24) is 5.48 Å². The van der Waals surface area contributed by atoms with Gasteiger partial charge < -0.3 is 4.84 Å². The second kappa shape index (κ2) is 12.3. The number of hydrogen-bond donors (Lipinski definition) is 1. The quantitative estimate of drug-likeness (QED) is 0.212. The van der Waals surface area contributed by atoms with Gasteiger partial charge in [-0.1, -0.05) is 81.1 Å². The molecule has 0 aliphatic carbocycles. The number of rotatable bonds is 12.